The molecule has 0 aromatic heterocycles. The molecule has 0 fully saturated rings. The summed E-state index contributed by atoms with van der Waals surface area (Å²) in [4.78, 5) is 0. The zero-order valence-electron chi connectivity index (χ0n) is 9.38. The molecular formula is C13H20ClN. The van der Waals surface area contributed by atoms with Crippen molar-refractivity contribution in [1.82, 2.24) is 0 Å². The Morgan fingerprint density at radius 3 is 2.33 bits per heavy atom. The second-order valence-electron chi connectivity index (χ2n) is 4.29. The van der Waals surface area contributed by atoms with Gasteiger partial charge in [-0.05, 0) is 67.8 Å². The van der Waals surface area contributed by atoms with E-state index in [0.717, 1.165) is 13.0 Å². The van der Waals surface area contributed by atoms with Crippen molar-refractivity contribution in [2.24, 2.45) is 5.73 Å². The third kappa shape index (κ3) is 2.73. The zero-order chi connectivity index (χ0) is 9.97. The van der Waals surface area contributed by atoms with E-state index in [1.165, 1.54) is 36.8 Å². The highest BCUT2D eigenvalue weighted by Gasteiger charge is 2.10. The summed E-state index contributed by atoms with van der Waals surface area (Å²) in [6, 6.07) is 4.76. The van der Waals surface area contributed by atoms with Gasteiger partial charge in [0.05, 0.1) is 0 Å². The topological polar surface area (TPSA) is 26.0 Å². The predicted molar refractivity (Wildman–Crippen MR) is 67.8 cm³/mol. The molecule has 0 radical (unpaired) electrons. The molecule has 84 valence electrons. The van der Waals surface area contributed by atoms with Crippen LogP contribution >= 0.6 is 12.4 Å². The van der Waals surface area contributed by atoms with E-state index < -0.39 is 0 Å². The Balaban J connectivity index is 0.00000112. The van der Waals surface area contributed by atoms with Crippen molar-refractivity contribution in [3.8, 4) is 0 Å². The van der Waals surface area contributed by atoms with Crippen molar-refractivity contribution in [2.75, 3.05) is 6.54 Å². The van der Waals surface area contributed by atoms with E-state index in [4.69, 9.17) is 5.73 Å². The van der Waals surface area contributed by atoms with E-state index in [-0.39, 0.29) is 12.4 Å². The van der Waals surface area contributed by atoms with Gasteiger partial charge in [0.1, 0.15) is 0 Å². The lowest BCUT2D eigenvalue weighted by Crippen LogP contribution is -2.08. The first-order chi connectivity index (χ1) is 6.81. The van der Waals surface area contributed by atoms with E-state index in [9.17, 15) is 0 Å². The van der Waals surface area contributed by atoms with E-state index in [1.54, 1.807) is 11.1 Å². The van der Waals surface area contributed by atoms with Gasteiger partial charge in [-0.3, -0.25) is 0 Å². The smallest absolute Gasteiger partial charge is 0.00366 e. The molecule has 0 spiro atoms. The lowest BCUT2D eigenvalue weighted by molar-refractivity contribution is 0.683. The maximum absolute atomic E-state index is 5.61. The van der Waals surface area contributed by atoms with Crippen molar-refractivity contribution in [2.45, 2.75) is 39.0 Å². The highest BCUT2D eigenvalue weighted by Crippen LogP contribution is 2.24. The van der Waals surface area contributed by atoms with Crippen LogP contribution in [-0.4, -0.2) is 6.54 Å². The first-order valence-corrected chi connectivity index (χ1v) is 5.62. The maximum Gasteiger partial charge on any atom is -0.00366 e. The molecule has 1 nitrogen and oxygen atoms in total. The molecule has 0 unspecified atom stereocenters. The lowest BCUT2D eigenvalue weighted by atomic mass is 9.88. The van der Waals surface area contributed by atoms with Crippen LogP contribution in [0.15, 0.2) is 12.1 Å². The van der Waals surface area contributed by atoms with Gasteiger partial charge in [0, 0.05) is 0 Å². The fourth-order valence-electron chi connectivity index (χ4n) is 2.38. The van der Waals surface area contributed by atoms with Crippen LogP contribution in [0.2, 0.25) is 0 Å². The molecule has 1 aliphatic carbocycles. The summed E-state index contributed by atoms with van der Waals surface area (Å²) in [5, 5.41) is 0. The number of rotatable bonds is 2. The van der Waals surface area contributed by atoms with Crippen LogP contribution in [0.4, 0.5) is 0 Å². The number of fused-ring (bicyclic) bond motifs is 1. The number of benzene rings is 1. The molecule has 2 N–H and O–H groups in total. The van der Waals surface area contributed by atoms with E-state index in [0.29, 0.717) is 0 Å². The van der Waals surface area contributed by atoms with Crippen LogP contribution in [0.3, 0.4) is 0 Å². The van der Waals surface area contributed by atoms with Crippen molar-refractivity contribution >= 4 is 12.4 Å². The third-order valence-corrected chi connectivity index (χ3v) is 3.21. The Morgan fingerprint density at radius 2 is 1.73 bits per heavy atom. The molecule has 1 aliphatic rings. The van der Waals surface area contributed by atoms with Gasteiger partial charge < -0.3 is 5.73 Å². The van der Waals surface area contributed by atoms with Crippen molar-refractivity contribution < 1.29 is 0 Å². The highest BCUT2D eigenvalue weighted by molar-refractivity contribution is 5.85. The summed E-state index contributed by atoms with van der Waals surface area (Å²) in [5.74, 6) is 0. The predicted octanol–water partition coefficient (Wildman–Crippen LogP) is 2.80. The fourth-order valence-corrected chi connectivity index (χ4v) is 2.38. The Hall–Kier alpha value is -0.530. The van der Waals surface area contributed by atoms with E-state index >= 15 is 0 Å². The number of nitrogens with two attached hydrogens (primary N) is 1. The summed E-state index contributed by atoms with van der Waals surface area (Å²) in [5.41, 5.74) is 11.6. The van der Waals surface area contributed by atoms with Crippen LogP contribution in [0.25, 0.3) is 0 Å². The minimum absolute atomic E-state index is 0. The van der Waals surface area contributed by atoms with Crippen molar-refractivity contribution in [3.63, 3.8) is 0 Å². The second-order valence-corrected chi connectivity index (χ2v) is 4.29. The van der Waals surface area contributed by atoms with Gasteiger partial charge in [-0.15, -0.1) is 12.4 Å². The number of hydrogen-bond donors (Lipinski definition) is 1. The summed E-state index contributed by atoms with van der Waals surface area (Å²) in [6.45, 7) is 2.97. The largest absolute Gasteiger partial charge is 0.330 e. The highest BCUT2D eigenvalue weighted by atomic mass is 35.5. The molecule has 2 heteroatoms. The molecule has 0 bridgehead atoms. The second kappa shape index (κ2) is 5.53. The van der Waals surface area contributed by atoms with Gasteiger partial charge in [0.25, 0.3) is 0 Å². The molecule has 0 saturated carbocycles. The minimum atomic E-state index is 0. The number of halogens is 1. The van der Waals surface area contributed by atoms with Crippen LogP contribution in [0, 0.1) is 6.92 Å². The van der Waals surface area contributed by atoms with Gasteiger partial charge >= 0.3 is 0 Å². The van der Waals surface area contributed by atoms with Crippen LogP contribution in [-0.2, 0) is 19.3 Å². The minimum Gasteiger partial charge on any atom is -0.330 e. The summed E-state index contributed by atoms with van der Waals surface area (Å²) in [7, 11) is 0. The van der Waals surface area contributed by atoms with E-state index in [1.807, 2.05) is 0 Å². The average molecular weight is 226 g/mol. The zero-order valence-corrected chi connectivity index (χ0v) is 10.2. The first kappa shape index (κ1) is 12.5. The molecular weight excluding hydrogens is 206 g/mol. The van der Waals surface area contributed by atoms with Gasteiger partial charge in [0.15, 0.2) is 0 Å². The van der Waals surface area contributed by atoms with Crippen LogP contribution in [0.1, 0.15) is 35.1 Å². The van der Waals surface area contributed by atoms with Crippen molar-refractivity contribution in [1.29, 1.82) is 0 Å². The SMILES string of the molecule is Cc1cc2c(cc1CCN)CCCC2.Cl. The molecule has 0 atom stereocenters. The normalized spacial score (nSPS) is 14.3. The van der Waals surface area contributed by atoms with E-state index in [2.05, 4.69) is 19.1 Å². The molecule has 15 heavy (non-hydrogen) atoms. The number of hydrogen-bond acceptors (Lipinski definition) is 1. The Bertz CT molecular complexity index is 334. The average Bonchev–Trinajstić information content (AvgIpc) is 2.19. The molecule has 0 amide bonds. The van der Waals surface area contributed by atoms with Crippen LogP contribution < -0.4 is 5.73 Å². The van der Waals surface area contributed by atoms with Gasteiger partial charge in [-0.1, -0.05) is 12.1 Å². The molecule has 1 aromatic carbocycles. The number of aryl methyl sites for hydroxylation is 3. The summed E-state index contributed by atoms with van der Waals surface area (Å²) >= 11 is 0. The Kier molecular flexibility index (Phi) is 4.62. The lowest BCUT2D eigenvalue weighted by Gasteiger charge is -2.18. The Morgan fingerprint density at radius 1 is 1.13 bits per heavy atom. The van der Waals surface area contributed by atoms with Crippen molar-refractivity contribution in [3.05, 3.63) is 34.4 Å². The molecule has 1 aromatic rings. The molecule has 0 saturated heterocycles. The van der Waals surface area contributed by atoms with Crippen LogP contribution in [0.5, 0.6) is 0 Å². The molecule has 0 aliphatic heterocycles. The standard InChI is InChI=1S/C13H19N.ClH/c1-10-8-12-4-2-3-5-13(12)9-11(10)6-7-14;/h8-9H,2-7,14H2,1H3;1H. The quantitative estimate of drug-likeness (QED) is 0.823. The first-order valence-electron chi connectivity index (χ1n) is 5.62. The molecule has 0 heterocycles. The summed E-state index contributed by atoms with van der Waals surface area (Å²) in [6.07, 6.45) is 6.30. The third-order valence-electron chi connectivity index (χ3n) is 3.21. The van der Waals surface area contributed by atoms with Gasteiger partial charge in [-0.25, -0.2) is 0 Å². The monoisotopic (exact) mass is 225 g/mol. The van der Waals surface area contributed by atoms with Gasteiger partial charge in [0.2, 0.25) is 0 Å². The summed E-state index contributed by atoms with van der Waals surface area (Å²) < 4.78 is 0. The maximum atomic E-state index is 5.61. The fraction of sp³-hybridized carbons (Fsp3) is 0.538. The van der Waals surface area contributed by atoms with Gasteiger partial charge in [-0.2, -0.15) is 0 Å². The molecule has 2 rings (SSSR count). The Labute approximate surface area is 98.5 Å².